The highest BCUT2D eigenvalue weighted by atomic mass is 15.1. The van der Waals surface area contributed by atoms with Crippen molar-refractivity contribution in [1.29, 1.82) is 0 Å². The third-order valence-corrected chi connectivity index (χ3v) is 7.11. The Morgan fingerprint density at radius 2 is 1.26 bits per heavy atom. The van der Waals surface area contributed by atoms with Gasteiger partial charge in [0.15, 0.2) is 0 Å². The van der Waals surface area contributed by atoms with E-state index in [1.807, 2.05) is 0 Å². The summed E-state index contributed by atoms with van der Waals surface area (Å²) in [6.07, 6.45) is 0. The van der Waals surface area contributed by atoms with E-state index in [0.717, 1.165) is 33.3 Å². The maximum atomic E-state index is 5.35. The van der Waals surface area contributed by atoms with E-state index in [9.17, 15) is 0 Å². The fraction of sp³-hybridized carbons (Fsp3) is 0.226. The van der Waals surface area contributed by atoms with Gasteiger partial charge in [0.25, 0.3) is 0 Å². The number of aromatic nitrogens is 3. The lowest BCUT2D eigenvalue weighted by atomic mass is 9.88. The number of imidazole rings is 1. The molecule has 168 valence electrons. The second kappa shape index (κ2) is 7.66. The first kappa shape index (κ1) is 20.9. The van der Waals surface area contributed by atoms with Crippen LogP contribution in [0.3, 0.4) is 0 Å². The van der Waals surface area contributed by atoms with Gasteiger partial charge in [-0.05, 0) is 40.5 Å². The van der Waals surface area contributed by atoms with Crippen LogP contribution >= 0.6 is 0 Å². The molecule has 0 bridgehead atoms. The lowest BCUT2D eigenvalue weighted by Crippen LogP contribution is -2.04. The van der Waals surface area contributed by atoms with Gasteiger partial charge in [0.2, 0.25) is 0 Å². The molecule has 0 aliphatic rings. The van der Waals surface area contributed by atoms with Crippen LogP contribution in [0.25, 0.3) is 55.0 Å². The van der Waals surface area contributed by atoms with Crippen LogP contribution < -0.4 is 0 Å². The van der Waals surface area contributed by atoms with Crippen LogP contribution in [0.4, 0.5) is 0 Å². The van der Waals surface area contributed by atoms with Gasteiger partial charge < -0.3 is 4.57 Å². The molecule has 0 saturated heterocycles. The van der Waals surface area contributed by atoms with Crippen LogP contribution in [0.2, 0.25) is 0 Å². The van der Waals surface area contributed by atoms with Gasteiger partial charge in [-0.15, -0.1) is 0 Å². The minimum atomic E-state index is 0.407. The Morgan fingerprint density at radius 3 is 1.97 bits per heavy atom. The Labute approximate surface area is 200 Å². The Bertz CT molecular complexity index is 1690. The maximum Gasteiger partial charge on any atom is 0.141 e. The van der Waals surface area contributed by atoms with Crippen molar-refractivity contribution >= 4 is 43.6 Å². The highest BCUT2D eigenvalue weighted by molar-refractivity contribution is 6.24. The molecule has 0 spiro atoms. The van der Waals surface area contributed by atoms with Crippen molar-refractivity contribution in [2.24, 2.45) is 7.05 Å². The standard InChI is InChI=1S/C31H29N3/c1-18(2)21-14-10-15-22(19(3)4)27(21)31-33-28-24-13-8-7-12-23(24)25-17-20-11-6-9-16-26(20)32-29(25)30(28)34(31)5/h6-19H,1-5H3. The first-order chi connectivity index (χ1) is 16.5. The smallest absolute Gasteiger partial charge is 0.141 e. The predicted octanol–water partition coefficient (Wildman–Crippen LogP) is 8.34. The Balaban J connectivity index is 1.83. The zero-order valence-electron chi connectivity index (χ0n) is 20.4. The molecular weight excluding hydrogens is 414 g/mol. The van der Waals surface area contributed by atoms with Crippen molar-refractivity contribution < 1.29 is 0 Å². The molecule has 0 fully saturated rings. The summed E-state index contributed by atoms with van der Waals surface area (Å²) in [6, 6.07) is 26.0. The number of fused-ring (bicyclic) bond motifs is 7. The van der Waals surface area contributed by atoms with Crippen LogP contribution in [0.5, 0.6) is 0 Å². The molecule has 0 atom stereocenters. The van der Waals surface area contributed by atoms with Crippen molar-refractivity contribution in [1.82, 2.24) is 14.5 Å². The minimum absolute atomic E-state index is 0.407. The maximum absolute atomic E-state index is 5.35. The van der Waals surface area contributed by atoms with E-state index in [1.165, 1.54) is 32.8 Å². The van der Waals surface area contributed by atoms with Gasteiger partial charge in [-0.2, -0.15) is 0 Å². The molecule has 0 saturated carbocycles. The Hall–Kier alpha value is -3.72. The van der Waals surface area contributed by atoms with Crippen molar-refractivity contribution in [2.75, 3.05) is 0 Å². The van der Waals surface area contributed by atoms with Gasteiger partial charge in [-0.1, -0.05) is 88.4 Å². The van der Waals surface area contributed by atoms with Gasteiger partial charge in [0.1, 0.15) is 5.82 Å². The lowest BCUT2D eigenvalue weighted by Gasteiger charge is -2.19. The van der Waals surface area contributed by atoms with Crippen molar-refractivity contribution in [2.45, 2.75) is 39.5 Å². The summed E-state index contributed by atoms with van der Waals surface area (Å²) >= 11 is 0. The number of aryl methyl sites for hydroxylation is 1. The SMILES string of the molecule is CC(C)c1cccc(C(C)C)c1-c1nc2c3ccccc3c3cc4ccccc4nc3c2n1C. The molecular formula is C31H29N3. The van der Waals surface area contributed by atoms with Crippen LogP contribution in [0.1, 0.15) is 50.7 Å². The third-order valence-electron chi connectivity index (χ3n) is 7.11. The zero-order valence-corrected chi connectivity index (χ0v) is 20.4. The Kier molecular flexibility index (Phi) is 4.70. The van der Waals surface area contributed by atoms with Crippen molar-refractivity contribution in [3.8, 4) is 11.4 Å². The number of rotatable bonds is 3. The molecule has 0 amide bonds. The Morgan fingerprint density at radius 1 is 0.647 bits per heavy atom. The number of nitrogens with zero attached hydrogens (tertiary/aromatic N) is 3. The molecule has 6 rings (SSSR count). The van der Waals surface area contributed by atoms with Crippen molar-refractivity contribution in [3.63, 3.8) is 0 Å². The molecule has 3 heteroatoms. The summed E-state index contributed by atoms with van der Waals surface area (Å²) in [4.78, 5) is 10.5. The number of hydrogen-bond acceptors (Lipinski definition) is 2. The monoisotopic (exact) mass is 443 g/mol. The number of pyridine rings is 1. The molecule has 6 aromatic rings. The molecule has 2 heterocycles. The fourth-order valence-electron chi connectivity index (χ4n) is 5.42. The summed E-state index contributed by atoms with van der Waals surface area (Å²) in [5.74, 6) is 1.84. The van der Waals surface area contributed by atoms with E-state index in [0.29, 0.717) is 11.8 Å². The van der Waals surface area contributed by atoms with E-state index < -0.39 is 0 Å². The number of hydrogen-bond donors (Lipinski definition) is 0. The first-order valence-corrected chi connectivity index (χ1v) is 12.2. The van der Waals surface area contributed by atoms with E-state index in [2.05, 4.69) is 112 Å². The molecule has 3 nitrogen and oxygen atoms in total. The molecule has 0 aliphatic heterocycles. The number of para-hydroxylation sites is 1. The highest BCUT2D eigenvalue weighted by Crippen LogP contribution is 2.41. The van der Waals surface area contributed by atoms with E-state index in [4.69, 9.17) is 9.97 Å². The molecule has 34 heavy (non-hydrogen) atoms. The van der Waals surface area contributed by atoms with Crippen LogP contribution in [-0.4, -0.2) is 14.5 Å². The second-order valence-corrected chi connectivity index (χ2v) is 9.94. The highest BCUT2D eigenvalue weighted by Gasteiger charge is 2.23. The number of benzene rings is 4. The van der Waals surface area contributed by atoms with Gasteiger partial charge in [0.05, 0.1) is 22.1 Å². The molecule has 0 aliphatic carbocycles. The van der Waals surface area contributed by atoms with Crippen LogP contribution in [0, 0.1) is 0 Å². The molecule has 2 aromatic heterocycles. The average Bonchev–Trinajstić information content (AvgIpc) is 3.19. The van der Waals surface area contributed by atoms with E-state index >= 15 is 0 Å². The summed E-state index contributed by atoms with van der Waals surface area (Å²) < 4.78 is 2.28. The third kappa shape index (κ3) is 2.96. The normalized spacial score (nSPS) is 12.2. The first-order valence-electron chi connectivity index (χ1n) is 12.2. The summed E-state index contributed by atoms with van der Waals surface area (Å²) in [5, 5.41) is 4.72. The minimum Gasteiger partial charge on any atom is -0.325 e. The van der Waals surface area contributed by atoms with Crippen LogP contribution in [0.15, 0.2) is 72.8 Å². The van der Waals surface area contributed by atoms with Crippen LogP contribution in [-0.2, 0) is 7.05 Å². The summed E-state index contributed by atoms with van der Waals surface area (Å²) in [5.41, 5.74) is 8.11. The average molecular weight is 444 g/mol. The molecule has 0 unspecified atom stereocenters. The predicted molar refractivity (Wildman–Crippen MR) is 145 cm³/mol. The summed E-state index contributed by atoms with van der Waals surface area (Å²) in [7, 11) is 2.15. The topological polar surface area (TPSA) is 30.7 Å². The van der Waals surface area contributed by atoms with Gasteiger partial charge in [-0.3, -0.25) is 0 Å². The molecule has 4 aromatic carbocycles. The zero-order chi connectivity index (χ0) is 23.6. The quantitative estimate of drug-likeness (QED) is 0.203. The van der Waals surface area contributed by atoms with E-state index in [1.54, 1.807) is 0 Å². The second-order valence-electron chi connectivity index (χ2n) is 9.94. The van der Waals surface area contributed by atoms with Gasteiger partial charge in [0, 0.05) is 28.8 Å². The molecule has 0 radical (unpaired) electrons. The lowest BCUT2D eigenvalue weighted by molar-refractivity contribution is 0.828. The largest absolute Gasteiger partial charge is 0.325 e. The molecule has 0 N–H and O–H groups in total. The summed E-state index contributed by atoms with van der Waals surface area (Å²) in [6.45, 7) is 9.07. The van der Waals surface area contributed by atoms with Gasteiger partial charge >= 0.3 is 0 Å². The van der Waals surface area contributed by atoms with Crippen molar-refractivity contribution in [3.05, 3.63) is 83.9 Å². The fourth-order valence-corrected chi connectivity index (χ4v) is 5.42. The van der Waals surface area contributed by atoms with Gasteiger partial charge in [-0.25, -0.2) is 9.97 Å². The van der Waals surface area contributed by atoms with E-state index in [-0.39, 0.29) is 0 Å².